The first-order valence-corrected chi connectivity index (χ1v) is 8.56. The van der Waals surface area contributed by atoms with Gasteiger partial charge in [0, 0.05) is 6.54 Å². The van der Waals surface area contributed by atoms with E-state index in [1.165, 1.54) is 6.92 Å². The molecule has 0 saturated carbocycles. The topological polar surface area (TPSA) is 55.2 Å². The van der Waals surface area contributed by atoms with E-state index in [0.29, 0.717) is 0 Å². The Morgan fingerprint density at radius 1 is 1.27 bits per heavy atom. The predicted octanol–water partition coefficient (Wildman–Crippen LogP) is 3.89. The van der Waals surface area contributed by atoms with Crippen molar-refractivity contribution in [3.8, 4) is 0 Å². The van der Waals surface area contributed by atoms with Gasteiger partial charge in [0.05, 0.1) is 12.2 Å². The smallest absolute Gasteiger partial charge is 0.253 e. The Hall–Kier alpha value is -0.0900. The second kappa shape index (κ2) is 6.43. The number of aromatic nitrogens is 2. The quantitative estimate of drug-likeness (QED) is 0.691. The average molecular weight is 423 g/mol. The van der Waals surface area contributed by atoms with Crippen LogP contribution in [0.5, 0.6) is 0 Å². The zero-order valence-electron chi connectivity index (χ0n) is 11.1. The summed E-state index contributed by atoms with van der Waals surface area (Å²) < 4.78 is 60.9. The van der Waals surface area contributed by atoms with Gasteiger partial charge >= 0.3 is 15.5 Å². The van der Waals surface area contributed by atoms with Crippen LogP contribution in [0.2, 0.25) is 5.15 Å². The molecule has 1 aromatic rings. The molecule has 1 aromatic heterocycles. The molecule has 0 radical (unpaired) electrons. The van der Waals surface area contributed by atoms with Crippen LogP contribution >= 0.6 is 46.4 Å². The van der Waals surface area contributed by atoms with Gasteiger partial charge < -0.3 is 0 Å². The molecule has 0 fully saturated rings. The van der Waals surface area contributed by atoms with Gasteiger partial charge in [-0.2, -0.15) is 26.7 Å². The maximum Gasteiger partial charge on any atom is 0.516 e. The predicted molar refractivity (Wildman–Crippen MR) is 80.3 cm³/mol. The number of nitrogens with zero attached hydrogens (tertiary/aromatic N) is 3. The summed E-state index contributed by atoms with van der Waals surface area (Å²) in [5.41, 5.74) is -6.12. The van der Waals surface area contributed by atoms with Gasteiger partial charge in [-0.1, -0.05) is 46.4 Å². The maximum atomic E-state index is 12.9. The molecule has 0 aliphatic carbocycles. The van der Waals surface area contributed by atoms with E-state index in [9.17, 15) is 21.6 Å². The van der Waals surface area contributed by atoms with E-state index < -0.39 is 31.6 Å². The van der Waals surface area contributed by atoms with Crippen molar-refractivity contribution in [1.29, 1.82) is 0 Å². The molecule has 0 aliphatic rings. The Morgan fingerprint density at radius 3 is 2.09 bits per heavy atom. The van der Waals surface area contributed by atoms with E-state index in [2.05, 4.69) is 5.10 Å². The molecule has 0 saturated heterocycles. The van der Waals surface area contributed by atoms with E-state index in [4.69, 9.17) is 46.4 Å². The van der Waals surface area contributed by atoms with Gasteiger partial charge in [0.2, 0.25) is 3.79 Å². The Bertz CT molecular complexity index is 654. The summed E-state index contributed by atoms with van der Waals surface area (Å²) in [5, 5.41) is 3.55. The van der Waals surface area contributed by atoms with Gasteiger partial charge in [-0.25, -0.2) is 0 Å². The second-order valence-electron chi connectivity index (χ2n) is 4.11. The molecular formula is C9H10Cl4F3N3O2S. The number of anilines is 1. The highest BCUT2D eigenvalue weighted by Crippen LogP contribution is 2.40. The molecule has 128 valence electrons. The third-order valence-electron chi connectivity index (χ3n) is 2.49. The second-order valence-corrected chi connectivity index (χ2v) is 8.84. The molecule has 0 atom stereocenters. The minimum atomic E-state index is -5.82. The zero-order chi connectivity index (χ0) is 17.5. The van der Waals surface area contributed by atoms with E-state index in [-0.39, 0.29) is 21.7 Å². The lowest BCUT2D eigenvalue weighted by atomic mass is 10.4. The molecule has 22 heavy (non-hydrogen) atoms. The van der Waals surface area contributed by atoms with Crippen LogP contribution < -0.4 is 4.31 Å². The zero-order valence-corrected chi connectivity index (χ0v) is 15.0. The van der Waals surface area contributed by atoms with Crippen molar-refractivity contribution in [2.75, 3.05) is 10.8 Å². The molecule has 0 amide bonds. The summed E-state index contributed by atoms with van der Waals surface area (Å²) in [5.74, 6) is 0. The van der Waals surface area contributed by atoms with Crippen LogP contribution in [-0.2, 0) is 16.6 Å². The van der Waals surface area contributed by atoms with Crippen LogP contribution in [0.15, 0.2) is 0 Å². The lowest BCUT2D eigenvalue weighted by Gasteiger charge is -2.27. The molecule has 0 aliphatic heterocycles. The van der Waals surface area contributed by atoms with E-state index in [0.717, 1.165) is 4.68 Å². The third kappa shape index (κ3) is 4.05. The summed E-state index contributed by atoms with van der Waals surface area (Å²) >= 11 is 22.3. The number of hydrogen-bond acceptors (Lipinski definition) is 3. The minimum Gasteiger partial charge on any atom is -0.253 e. The van der Waals surface area contributed by atoms with Crippen LogP contribution in [-0.4, -0.2) is 34.0 Å². The van der Waals surface area contributed by atoms with Crippen molar-refractivity contribution in [1.82, 2.24) is 9.78 Å². The van der Waals surface area contributed by atoms with Crippen LogP contribution in [0.25, 0.3) is 0 Å². The molecule has 0 bridgehead atoms. The number of hydrogen-bond donors (Lipinski definition) is 0. The standard InChI is InChI=1S/C9H10Cl4F3N3O2S/c1-3-18-7(10)6(5(2)17-18)19(4-8(11,12)13)22(20,21)9(14,15)16/h3-4H2,1-2H3. The van der Waals surface area contributed by atoms with Crippen molar-refractivity contribution in [2.24, 2.45) is 0 Å². The third-order valence-corrected chi connectivity index (χ3v) is 4.70. The van der Waals surface area contributed by atoms with Crippen molar-refractivity contribution >= 4 is 62.1 Å². The van der Waals surface area contributed by atoms with Crippen molar-refractivity contribution in [3.63, 3.8) is 0 Å². The Labute approximate surface area is 144 Å². The van der Waals surface area contributed by atoms with Crippen LogP contribution in [0.4, 0.5) is 18.9 Å². The van der Waals surface area contributed by atoms with Gasteiger partial charge in [-0.3, -0.25) is 8.99 Å². The average Bonchev–Trinajstić information content (AvgIpc) is 2.58. The molecule has 0 N–H and O–H groups in total. The van der Waals surface area contributed by atoms with E-state index >= 15 is 0 Å². The molecule has 0 aromatic carbocycles. The first-order valence-electron chi connectivity index (χ1n) is 5.61. The summed E-state index contributed by atoms with van der Waals surface area (Å²) in [6, 6.07) is 0. The first kappa shape index (κ1) is 20.0. The monoisotopic (exact) mass is 421 g/mol. The fraction of sp³-hybridized carbons (Fsp3) is 0.667. The molecule has 13 heteroatoms. The summed E-state index contributed by atoms with van der Waals surface area (Å²) in [7, 11) is -5.82. The largest absolute Gasteiger partial charge is 0.516 e. The van der Waals surface area contributed by atoms with Crippen molar-refractivity contribution in [2.45, 2.75) is 29.7 Å². The number of rotatable bonds is 4. The highest BCUT2D eigenvalue weighted by Gasteiger charge is 2.52. The van der Waals surface area contributed by atoms with Gasteiger partial charge in [0.15, 0.2) is 5.15 Å². The molecular weight excluding hydrogens is 413 g/mol. The van der Waals surface area contributed by atoms with E-state index in [1.807, 2.05) is 0 Å². The number of alkyl halides is 6. The van der Waals surface area contributed by atoms with Gasteiger partial charge in [0.25, 0.3) is 0 Å². The van der Waals surface area contributed by atoms with Gasteiger partial charge in [0.1, 0.15) is 5.69 Å². The highest BCUT2D eigenvalue weighted by atomic mass is 35.6. The van der Waals surface area contributed by atoms with Crippen molar-refractivity contribution < 1.29 is 21.6 Å². The Balaban J connectivity index is 3.57. The number of halogens is 7. The molecule has 5 nitrogen and oxygen atoms in total. The fourth-order valence-electron chi connectivity index (χ4n) is 1.61. The molecule has 0 spiro atoms. The summed E-state index contributed by atoms with van der Waals surface area (Å²) in [6.07, 6.45) is 0. The Morgan fingerprint density at radius 2 is 1.77 bits per heavy atom. The normalized spacial score (nSPS) is 13.5. The lowest BCUT2D eigenvalue weighted by molar-refractivity contribution is -0.0438. The number of sulfonamides is 1. The van der Waals surface area contributed by atoms with Gasteiger partial charge in [-0.15, -0.1) is 0 Å². The molecule has 1 heterocycles. The summed E-state index contributed by atoms with van der Waals surface area (Å²) in [4.78, 5) is 0. The summed E-state index contributed by atoms with van der Waals surface area (Å²) in [6.45, 7) is 2.06. The Kier molecular flexibility index (Phi) is 5.83. The lowest BCUT2D eigenvalue weighted by Crippen LogP contribution is -2.45. The first-order chi connectivity index (χ1) is 9.72. The highest BCUT2D eigenvalue weighted by molar-refractivity contribution is 7.93. The van der Waals surface area contributed by atoms with E-state index in [1.54, 1.807) is 6.92 Å². The SMILES string of the molecule is CCn1nc(C)c(N(CC(Cl)(Cl)Cl)S(=O)(=O)C(F)(F)F)c1Cl. The number of aryl methyl sites for hydroxylation is 2. The maximum absolute atomic E-state index is 12.9. The molecule has 1 rings (SSSR count). The van der Waals surface area contributed by atoms with Crippen LogP contribution in [0, 0.1) is 6.92 Å². The molecule has 0 unspecified atom stereocenters. The van der Waals surface area contributed by atoms with Crippen LogP contribution in [0.3, 0.4) is 0 Å². The fourth-order valence-corrected chi connectivity index (χ4v) is 3.70. The van der Waals surface area contributed by atoms with Crippen molar-refractivity contribution in [3.05, 3.63) is 10.8 Å². The minimum absolute atomic E-state index is 0.0473. The van der Waals surface area contributed by atoms with Crippen LogP contribution in [0.1, 0.15) is 12.6 Å². The van der Waals surface area contributed by atoms with Gasteiger partial charge in [-0.05, 0) is 13.8 Å².